The topological polar surface area (TPSA) is 12.9 Å². The first-order valence-corrected chi connectivity index (χ1v) is 5.62. The molecule has 0 saturated heterocycles. The lowest BCUT2D eigenvalue weighted by Gasteiger charge is -1.95. The minimum absolute atomic E-state index is 0.579. The average molecular weight is 275 g/mol. The summed E-state index contributed by atoms with van der Waals surface area (Å²) in [6, 6.07) is 8.07. The Labute approximate surface area is 93.5 Å². The van der Waals surface area contributed by atoms with E-state index in [1.54, 1.807) is 6.20 Å². The van der Waals surface area contributed by atoms with Crippen LogP contribution in [-0.4, -0.2) is 4.98 Å². The first-order valence-electron chi connectivity index (χ1n) is 3.63. The summed E-state index contributed by atoms with van der Waals surface area (Å²) in [6.07, 6.45) is 1.79. The molecule has 2 aromatic rings. The SMILES string of the molecule is Clc1ncc(-c2cccc(Br)c2)s1. The van der Waals surface area contributed by atoms with E-state index < -0.39 is 0 Å². The van der Waals surface area contributed by atoms with Crippen LogP contribution in [0.2, 0.25) is 4.47 Å². The summed E-state index contributed by atoms with van der Waals surface area (Å²) in [4.78, 5) is 5.08. The molecule has 1 aromatic heterocycles. The van der Waals surface area contributed by atoms with Gasteiger partial charge in [-0.3, -0.25) is 0 Å². The standard InChI is InChI=1S/C9H5BrClNS/c10-7-3-1-2-6(4-7)8-5-12-9(11)13-8/h1-5H. The van der Waals surface area contributed by atoms with Crippen molar-refractivity contribution in [3.05, 3.63) is 39.4 Å². The van der Waals surface area contributed by atoms with Gasteiger partial charge in [-0.2, -0.15) is 0 Å². The zero-order chi connectivity index (χ0) is 9.26. The zero-order valence-electron chi connectivity index (χ0n) is 6.50. The van der Waals surface area contributed by atoms with Crippen LogP contribution in [-0.2, 0) is 0 Å². The summed E-state index contributed by atoms with van der Waals surface area (Å²) in [5.74, 6) is 0. The molecule has 0 aliphatic rings. The van der Waals surface area contributed by atoms with Gasteiger partial charge in [0.2, 0.25) is 0 Å². The summed E-state index contributed by atoms with van der Waals surface area (Å²) >= 11 is 10.6. The second-order valence-electron chi connectivity index (χ2n) is 2.49. The van der Waals surface area contributed by atoms with Crippen molar-refractivity contribution in [1.82, 2.24) is 4.98 Å². The third kappa shape index (κ3) is 2.10. The third-order valence-corrected chi connectivity index (χ3v) is 3.24. The first-order chi connectivity index (χ1) is 6.25. The maximum atomic E-state index is 5.75. The molecule has 1 heterocycles. The van der Waals surface area contributed by atoms with Crippen LogP contribution >= 0.6 is 38.9 Å². The van der Waals surface area contributed by atoms with E-state index in [-0.39, 0.29) is 0 Å². The first kappa shape index (κ1) is 9.19. The zero-order valence-corrected chi connectivity index (χ0v) is 9.66. The summed E-state index contributed by atoms with van der Waals surface area (Å²) in [5.41, 5.74) is 1.14. The van der Waals surface area contributed by atoms with Crippen LogP contribution in [0.15, 0.2) is 34.9 Å². The van der Waals surface area contributed by atoms with Crippen LogP contribution in [0.4, 0.5) is 0 Å². The molecule has 0 radical (unpaired) electrons. The molecule has 66 valence electrons. The quantitative estimate of drug-likeness (QED) is 0.758. The molecular formula is C9H5BrClNS. The fourth-order valence-corrected chi connectivity index (χ4v) is 2.36. The van der Waals surface area contributed by atoms with E-state index in [1.807, 2.05) is 24.3 Å². The molecular weight excluding hydrogens is 270 g/mol. The van der Waals surface area contributed by atoms with Crippen molar-refractivity contribution in [2.45, 2.75) is 0 Å². The van der Waals surface area contributed by atoms with Crippen molar-refractivity contribution in [2.24, 2.45) is 0 Å². The van der Waals surface area contributed by atoms with E-state index in [1.165, 1.54) is 11.3 Å². The summed E-state index contributed by atoms with van der Waals surface area (Å²) < 4.78 is 1.64. The fraction of sp³-hybridized carbons (Fsp3) is 0. The van der Waals surface area contributed by atoms with Crippen molar-refractivity contribution in [3.63, 3.8) is 0 Å². The Kier molecular flexibility index (Phi) is 2.67. The van der Waals surface area contributed by atoms with Crippen LogP contribution in [0, 0.1) is 0 Å². The lowest BCUT2D eigenvalue weighted by atomic mass is 10.2. The van der Waals surface area contributed by atoms with Gasteiger partial charge in [0.15, 0.2) is 4.47 Å². The van der Waals surface area contributed by atoms with Crippen molar-refractivity contribution in [1.29, 1.82) is 0 Å². The Hall–Kier alpha value is -0.380. The van der Waals surface area contributed by atoms with E-state index >= 15 is 0 Å². The van der Waals surface area contributed by atoms with Gasteiger partial charge in [-0.05, 0) is 17.7 Å². The average Bonchev–Trinajstić information content (AvgIpc) is 2.52. The molecule has 0 atom stereocenters. The fourth-order valence-electron chi connectivity index (χ4n) is 1.03. The van der Waals surface area contributed by atoms with Crippen molar-refractivity contribution >= 4 is 38.9 Å². The molecule has 2 rings (SSSR count). The van der Waals surface area contributed by atoms with Gasteiger partial charge in [-0.15, -0.1) is 11.3 Å². The van der Waals surface area contributed by atoms with E-state index in [2.05, 4.69) is 20.9 Å². The predicted molar refractivity (Wildman–Crippen MR) is 60.3 cm³/mol. The van der Waals surface area contributed by atoms with Gasteiger partial charge in [0.05, 0.1) is 4.88 Å². The van der Waals surface area contributed by atoms with Crippen molar-refractivity contribution in [3.8, 4) is 10.4 Å². The molecule has 0 N–H and O–H groups in total. The second-order valence-corrected chi connectivity index (χ2v) is 5.02. The van der Waals surface area contributed by atoms with Gasteiger partial charge in [0.1, 0.15) is 0 Å². The molecule has 0 unspecified atom stereocenters. The number of aromatic nitrogens is 1. The number of thiazole rings is 1. The number of hydrogen-bond acceptors (Lipinski definition) is 2. The van der Waals surface area contributed by atoms with Gasteiger partial charge in [0, 0.05) is 10.7 Å². The molecule has 0 spiro atoms. The number of benzene rings is 1. The maximum Gasteiger partial charge on any atom is 0.184 e. The van der Waals surface area contributed by atoms with Crippen molar-refractivity contribution < 1.29 is 0 Å². The Balaban J connectivity index is 2.46. The minimum atomic E-state index is 0.579. The lowest BCUT2D eigenvalue weighted by molar-refractivity contribution is 1.42. The molecule has 1 nitrogen and oxygen atoms in total. The molecule has 0 aliphatic carbocycles. The summed E-state index contributed by atoms with van der Waals surface area (Å²) in [7, 11) is 0. The Morgan fingerprint density at radius 2 is 2.23 bits per heavy atom. The van der Waals surface area contributed by atoms with E-state index in [0.29, 0.717) is 4.47 Å². The minimum Gasteiger partial charge on any atom is -0.233 e. The Morgan fingerprint density at radius 1 is 1.38 bits per heavy atom. The number of hydrogen-bond donors (Lipinski definition) is 0. The van der Waals surface area contributed by atoms with Gasteiger partial charge in [-0.1, -0.05) is 39.7 Å². The van der Waals surface area contributed by atoms with Gasteiger partial charge in [0.25, 0.3) is 0 Å². The molecule has 1 aromatic carbocycles. The predicted octanol–water partition coefficient (Wildman–Crippen LogP) is 4.23. The Morgan fingerprint density at radius 3 is 2.85 bits per heavy atom. The highest BCUT2D eigenvalue weighted by Gasteiger charge is 2.02. The highest BCUT2D eigenvalue weighted by Crippen LogP contribution is 2.29. The normalized spacial score (nSPS) is 10.3. The van der Waals surface area contributed by atoms with Crippen LogP contribution in [0.5, 0.6) is 0 Å². The molecule has 13 heavy (non-hydrogen) atoms. The smallest absolute Gasteiger partial charge is 0.184 e. The van der Waals surface area contributed by atoms with E-state index in [0.717, 1.165) is 14.9 Å². The van der Waals surface area contributed by atoms with E-state index in [9.17, 15) is 0 Å². The highest BCUT2D eigenvalue weighted by atomic mass is 79.9. The van der Waals surface area contributed by atoms with Crippen LogP contribution in [0.25, 0.3) is 10.4 Å². The summed E-state index contributed by atoms with van der Waals surface area (Å²) in [5, 5.41) is 0. The van der Waals surface area contributed by atoms with Gasteiger partial charge >= 0.3 is 0 Å². The molecule has 0 aliphatic heterocycles. The largest absolute Gasteiger partial charge is 0.233 e. The lowest BCUT2D eigenvalue weighted by Crippen LogP contribution is -1.70. The van der Waals surface area contributed by atoms with Crippen LogP contribution < -0.4 is 0 Å². The molecule has 0 amide bonds. The van der Waals surface area contributed by atoms with Crippen LogP contribution in [0.3, 0.4) is 0 Å². The maximum absolute atomic E-state index is 5.75. The van der Waals surface area contributed by atoms with Gasteiger partial charge in [-0.25, -0.2) is 4.98 Å². The summed E-state index contributed by atoms with van der Waals surface area (Å²) in [6.45, 7) is 0. The molecule has 0 bridgehead atoms. The van der Waals surface area contributed by atoms with Crippen LogP contribution in [0.1, 0.15) is 0 Å². The highest BCUT2D eigenvalue weighted by molar-refractivity contribution is 9.10. The number of nitrogens with zero attached hydrogens (tertiary/aromatic N) is 1. The Bertz CT molecular complexity index is 427. The van der Waals surface area contributed by atoms with E-state index in [4.69, 9.17) is 11.6 Å². The van der Waals surface area contributed by atoms with Crippen molar-refractivity contribution in [2.75, 3.05) is 0 Å². The monoisotopic (exact) mass is 273 g/mol. The molecule has 0 fully saturated rings. The molecule has 0 saturated carbocycles. The number of rotatable bonds is 1. The third-order valence-electron chi connectivity index (χ3n) is 1.59. The molecule has 4 heteroatoms. The van der Waals surface area contributed by atoms with Gasteiger partial charge < -0.3 is 0 Å². The number of halogens is 2. The second kappa shape index (κ2) is 3.78.